The second-order valence-electron chi connectivity index (χ2n) is 4.44. The van der Waals surface area contributed by atoms with Crippen LogP contribution in [0.2, 0.25) is 0 Å². The fourth-order valence-corrected chi connectivity index (χ4v) is 1.73. The molecule has 0 aliphatic rings. The van der Waals surface area contributed by atoms with Crippen molar-refractivity contribution in [2.45, 2.75) is 25.6 Å². The van der Waals surface area contributed by atoms with Crippen molar-refractivity contribution < 1.29 is 27.9 Å². The lowest BCUT2D eigenvalue weighted by Crippen LogP contribution is -2.62. The summed E-state index contributed by atoms with van der Waals surface area (Å²) < 4.78 is 38.8. The first-order valence-electron chi connectivity index (χ1n) is 5.63. The predicted molar refractivity (Wildman–Crippen MR) is 73.1 cm³/mol. The van der Waals surface area contributed by atoms with E-state index in [4.69, 9.17) is 5.11 Å². The van der Waals surface area contributed by atoms with E-state index in [2.05, 4.69) is 21.2 Å². The molecule has 3 N–H and O–H groups in total. The predicted octanol–water partition coefficient (Wildman–Crippen LogP) is 3.28. The van der Waals surface area contributed by atoms with Gasteiger partial charge in [0.2, 0.25) is 5.54 Å². The van der Waals surface area contributed by atoms with Gasteiger partial charge in [-0.3, -0.25) is 0 Å². The van der Waals surface area contributed by atoms with Gasteiger partial charge in [-0.05, 0) is 41.4 Å². The summed E-state index contributed by atoms with van der Waals surface area (Å²) in [5.41, 5.74) is -2.40. The maximum atomic E-state index is 12.8. The number of carbonyl (C=O) groups is 2. The Labute approximate surface area is 126 Å². The summed E-state index contributed by atoms with van der Waals surface area (Å²) in [6.45, 7) is 2.10. The molecule has 1 rings (SSSR count). The monoisotopic (exact) mass is 368 g/mol. The zero-order valence-corrected chi connectivity index (χ0v) is 12.6. The number of benzene rings is 1. The summed E-state index contributed by atoms with van der Waals surface area (Å²) in [5.74, 6) is -2.20. The highest BCUT2D eigenvalue weighted by Crippen LogP contribution is 2.31. The number of halogens is 4. The molecule has 0 aliphatic carbocycles. The van der Waals surface area contributed by atoms with E-state index in [1.54, 1.807) is 19.1 Å². The quantitative estimate of drug-likeness (QED) is 0.765. The fourth-order valence-electron chi connectivity index (χ4n) is 1.37. The summed E-state index contributed by atoms with van der Waals surface area (Å²) >= 11 is 3.18. The molecule has 9 heteroatoms. The van der Waals surface area contributed by atoms with E-state index < -0.39 is 23.7 Å². The lowest BCUT2D eigenvalue weighted by Gasteiger charge is -2.28. The number of amides is 2. The van der Waals surface area contributed by atoms with Crippen LogP contribution in [0.4, 0.5) is 23.7 Å². The number of hydrogen-bond acceptors (Lipinski definition) is 2. The molecule has 0 heterocycles. The molecule has 1 atom stereocenters. The molecule has 0 radical (unpaired) electrons. The molecular formula is C12H12BrF3N2O3. The number of carboxylic acid groups (broad SMARTS) is 1. The van der Waals surface area contributed by atoms with Crippen LogP contribution >= 0.6 is 15.9 Å². The molecule has 116 valence electrons. The van der Waals surface area contributed by atoms with Gasteiger partial charge in [0, 0.05) is 4.47 Å². The van der Waals surface area contributed by atoms with Gasteiger partial charge in [-0.1, -0.05) is 12.1 Å². The Morgan fingerprint density at radius 2 is 1.86 bits per heavy atom. The average Bonchev–Trinajstić information content (AvgIpc) is 2.33. The molecule has 1 aromatic carbocycles. The van der Waals surface area contributed by atoms with Crippen molar-refractivity contribution in [2.75, 3.05) is 5.32 Å². The highest BCUT2D eigenvalue weighted by molar-refractivity contribution is 9.10. The summed E-state index contributed by atoms with van der Waals surface area (Å²) in [6.07, 6.45) is -5.14. The molecule has 0 aromatic heterocycles. The molecule has 0 bridgehead atoms. The minimum atomic E-state index is -5.14. The van der Waals surface area contributed by atoms with Crippen LogP contribution in [-0.2, 0) is 4.79 Å². The molecule has 0 spiro atoms. The number of hydrogen-bond donors (Lipinski definition) is 3. The smallest absolute Gasteiger partial charge is 0.422 e. The Kier molecular flexibility index (Phi) is 4.87. The van der Waals surface area contributed by atoms with Crippen molar-refractivity contribution in [3.8, 4) is 0 Å². The number of aryl methyl sites for hydroxylation is 1. The van der Waals surface area contributed by atoms with E-state index in [-0.39, 0.29) is 5.69 Å². The van der Waals surface area contributed by atoms with E-state index in [0.29, 0.717) is 11.4 Å². The topological polar surface area (TPSA) is 78.4 Å². The SMILES string of the molecule is Cc1cccc(NC(=O)NC(C)(C(=O)O)C(F)(F)F)c1Br. The number of aliphatic carboxylic acids is 1. The lowest BCUT2D eigenvalue weighted by molar-refractivity contribution is -0.203. The third-order valence-corrected chi connectivity index (χ3v) is 3.85. The van der Waals surface area contributed by atoms with Gasteiger partial charge in [0.05, 0.1) is 5.69 Å². The van der Waals surface area contributed by atoms with E-state index >= 15 is 0 Å². The normalized spacial score (nSPS) is 14.2. The van der Waals surface area contributed by atoms with Gasteiger partial charge in [-0.25, -0.2) is 9.59 Å². The van der Waals surface area contributed by atoms with E-state index in [1.807, 2.05) is 0 Å². The molecule has 21 heavy (non-hydrogen) atoms. The summed E-state index contributed by atoms with van der Waals surface area (Å²) in [4.78, 5) is 22.4. The van der Waals surface area contributed by atoms with Crippen LogP contribution in [-0.4, -0.2) is 28.8 Å². The van der Waals surface area contributed by atoms with Crippen molar-refractivity contribution in [3.63, 3.8) is 0 Å². The first-order chi connectivity index (χ1) is 9.49. The minimum absolute atomic E-state index is 0.224. The van der Waals surface area contributed by atoms with Crippen molar-refractivity contribution in [1.29, 1.82) is 0 Å². The number of carbonyl (C=O) groups excluding carboxylic acids is 1. The van der Waals surface area contributed by atoms with Crippen molar-refractivity contribution in [1.82, 2.24) is 5.32 Å². The van der Waals surface area contributed by atoms with Crippen LogP contribution in [0.3, 0.4) is 0 Å². The van der Waals surface area contributed by atoms with Gasteiger partial charge in [0.25, 0.3) is 0 Å². The van der Waals surface area contributed by atoms with Gasteiger partial charge < -0.3 is 15.7 Å². The number of urea groups is 1. The first-order valence-corrected chi connectivity index (χ1v) is 6.42. The maximum absolute atomic E-state index is 12.8. The molecular weight excluding hydrogens is 357 g/mol. The number of carboxylic acids is 1. The Morgan fingerprint density at radius 1 is 1.29 bits per heavy atom. The molecule has 1 aromatic rings. The second-order valence-corrected chi connectivity index (χ2v) is 5.24. The highest BCUT2D eigenvalue weighted by Gasteiger charge is 2.58. The van der Waals surface area contributed by atoms with E-state index in [9.17, 15) is 22.8 Å². The van der Waals surface area contributed by atoms with Crippen molar-refractivity contribution in [3.05, 3.63) is 28.2 Å². The van der Waals surface area contributed by atoms with Crippen LogP contribution in [0.5, 0.6) is 0 Å². The maximum Gasteiger partial charge on any atom is 0.422 e. The summed E-state index contributed by atoms with van der Waals surface area (Å²) in [5, 5.41) is 12.3. The molecule has 5 nitrogen and oxygen atoms in total. The van der Waals surface area contributed by atoms with Crippen LogP contribution in [0.15, 0.2) is 22.7 Å². The van der Waals surface area contributed by atoms with Crippen LogP contribution in [0.25, 0.3) is 0 Å². The van der Waals surface area contributed by atoms with Crippen LogP contribution in [0.1, 0.15) is 12.5 Å². The van der Waals surface area contributed by atoms with Crippen molar-refractivity contribution >= 4 is 33.6 Å². The largest absolute Gasteiger partial charge is 0.479 e. The zero-order valence-electron chi connectivity index (χ0n) is 11.0. The van der Waals surface area contributed by atoms with Gasteiger partial charge in [-0.2, -0.15) is 13.2 Å². The number of rotatable bonds is 3. The van der Waals surface area contributed by atoms with Gasteiger partial charge in [-0.15, -0.1) is 0 Å². The molecule has 0 aliphatic heterocycles. The van der Waals surface area contributed by atoms with E-state index in [1.165, 1.54) is 11.4 Å². The third kappa shape index (κ3) is 3.66. The molecule has 0 saturated carbocycles. The van der Waals surface area contributed by atoms with E-state index in [0.717, 1.165) is 5.56 Å². The standard InChI is InChI=1S/C12H12BrF3N2O3/c1-6-4-3-5-7(8(6)13)17-10(21)18-11(2,9(19)20)12(14,15)16/h3-5H,1-2H3,(H,19,20)(H2,17,18,21). The Morgan fingerprint density at radius 3 is 2.33 bits per heavy atom. The summed E-state index contributed by atoms with van der Waals surface area (Å²) in [7, 11) is 0. The number of nitrogens with one attached hydrogen (secondary N) is 2. The third-order valence-electron chi connectivity index (χ3n) is 2.80. The summed E-state index contributed by atoms with van der Waals surface area (Å²) in [6, 6.07) is 3.51. The second kappa shape index (κ2) is 5.92. The average molecular weight is 369 g/mol. The zero-order chi connectivity index (χ0) is 16.4. The van der Waals surface area contributed by atoms with Gasteiger partial charge in [0.1, 0.15) is 0 Å². The molecule has 1 unspecified atom stereocenters. The van der Waals surface area contributed by atoms with Crippen LogP contribution < -0.4 is 10.6 Å². The Hall–Kier alpha value is -1.77. The molecule has 0 saturated heterocycles. The van der Waals surface area contributed by atoms with Crippen LogP contribution in [0, 0.1) is 6.92 Å². The van der Waals surface area contributed by atoms with Crippen molar-refractivity contribution in [2.24, 2.45) is 0 Å². The van der Waals surface area contributed by atoms with Gasteiger partial charge in [0.15, 0.2) is 0 Å². The highest BCUT2D eigenvalue weighted by atomic mass is 79.9. The Balaban J connectivity index is 2.95. The molecule has 2 amide bonds. The Bertz CT molecular complexity index is 577. The lowest BCUT2D eigenvalue weighted by atomic mass is 10.0. The van der Waals surface area contributed by atoms with Gasteiger partial charge >= 0.3 is 18.2 Å². The molecule has 0 fully saturated rings. The fraction of sp³-hybridized carbons (Fsp3) is 0.333. The minimum Gasteiger partial charge on any atom is -0.479 e. The first kappa shape index (κ1) is 17.3. The number of anilines is 1. The number of alkyl halides is 3.